The molecule has 0 spiro atoms. The molecular weight excluding hydrogens is 408 g/mol. The number of nitrogens with one attached hydrogen (secondary N) is 2. The number of carbonyl (C=O) groups is 2. The third-order valence-corrected chi connectivity index (χ3v) is 5.52. The first-order valence-electron chi connectivity index (χ1n) is 10.5. The molecule has 1 aliphatic heterocycles. The van der Waals surface area contributed by atoms with Gasteiger partial charge < -0.3 is 25.8 Å². The smallest absolute Gasteiger partial charge is 0.259 e. The van der Waals surface area contributed by atoms with Crippen molar-refractivity contribution < 1.29 is 19.4 Å². The average Bonchev–Trinajstić information content (AvgIpc) is 2.74. The number of hydrogen-bond acceptors (Lipinski definition) is 5. The van der Waals surface area contributed by atoms with Gasteiger partial charge in [0.15, 0.2) is 12.2 Å². The summed E-state index contributed by atoms with van der Waals surface area (Å²) in [6, 6.07) is 12.6. The second-order valence-corrected chi connectivity index (χ2v) is 8.96. The number of ether oxygens (including phenoxy) is 1. The Labute approximate surface area is 187 Å². The van der Waals surface area contributed by atoms with Gasteiger partial charge in [-0.15, -0.1) is 0 Å². The van der Waals surface area contributed by atoms with E-state index in [1.807, 2.05) is 24.3 Å². The molecule has 0 aromatic heterocycles. The van der Waals surface area contributed by atoms with Crippen LogP contribution in [0.15, 0.2) is 42.5 Å². The number of aliphatic hydroxyl groups is 1. The largest absolute Gasteiger partial charge is 0.384 e. The Morgan fingerprint density at radius 1 is 1.25 bits per heavy atom. The highest BCUT2D eigenvalue weighted by atomic mass is 16.5. The fraction of sp³-hybridized carbons (Fsp3) is 0.375. The molecule has 1 saturated heterocycles. The second-order valence-electron chi connectivity index (χ2n) is 8.96. The van der Waals surface area contributed by atoms with Gasteiger partial charge in [0, 0.05) is 23.5 Å². The first-order valence-corrected chi connectivity index (χ1v) is 10.5. The molecule has 2 unspecified atom stereocenters. The first-order chi connectivity index (χ1) is 15.0. The molecule has 2 aromatic carbocycles. The van der Waals surface area contributed by atoms with Gasteiger partial charge in [0.25, 0.3) is 11.8 Å². The van der Waals surface area contributed by atoms with Gasteiger partial charge in [-0.3, -0.25) is 15.0 Å². The van der Waals surface area contributed by atoms with Crippen molar-refractivity contribution in [3.05, 3.63) is 59.2 Å². The van der Waals surface area contributed by atoms with E-state index in [9.17, 15) is 14.7 Å². The Kier molecular flexibility index (Phi) is 6.66. The van der Waals surface area contributed by atoms with Crippen molar-refractivity contribution in [1.29, 1.82) is 5.41 Å². The van der Waals surface area contributed by atoms with Crippen LogP contribution in [-0.4, -0.2) is 48.1 Å². The lowest BCUT2D eigenvalue weighted by Crippen LogP contribution is -2.55. The van der Waals surface area contributed by atoms with Gasteiger partial charge in [-0.2, -0.15) is 0 Å². The van der Waals surface area contributed by atoms with Crippen LogP contribution < -0.4 is 16.0 Å². The van der Waals surface area contributed by atoms with E-state index < -0.39 is 24.0 Å². The Morgan fingerprint density at radius 3 is 2.47 bits per heavy atom. The summed E-state index contributed by atoms with van der Waals surface area (Å²) in [7, 11) is 0. The van der Waals surface area contributed by atoms with Crippen LogP contribution in [0.1, 0.15) is 37.5 Å². The number of morpholine rings is 1. The number of rotatable bonds is 5. The Hall–Kier alpha value is -3.23. The van der Waals surface area contributed by atoms with Crippen LogP contribution >= 0.6 is 0 Å². The zero-order valence-corrected chi connectivity index (χ0v) is 18.8. The molecule has 2 amide bonds. The fourth-order valence-electron chi connectivity index (χ4n) is 3.55. The minimum atomic E-state index is -1.67. The lowest BCUT2D eigenvalue weighted by molar-refractivity contribution is -0.150. The zero-order valence-electron chi connectivity index (χ0n) is 18.8. The SMILES string of the molecule is Cc1cc(C(=N)N)ccc1NC(=O)C(O)C1OCCN(c2ccc(C(C)(C)C)cc2)C1=O. The van der Waals surface area contributed by atoms with Crippen LogP contribution in [0.3, 0.4) is 0 Å². The highest BCUT2D eigenvalue weighted by Crippen LogP contribution is 2.27. The molecule has 8 nitrogen and oxygen atoms in total. The summed E-state index contributed by atoms with van der Waals surface area (Å²) in [4.78, 5) is 27.2. The summed E-state index contributed by atoms with van der Waals surface area (Å²) < 4.78 is 5.47. The molecule has 170 valence electrons. The van der Waals surface area contributed by atoms with Gasteiger partial charge in [0.05, 0.1) is 6.61 Å². The highest BCUT2D eigenvalue weighted by molar-refractivity contribution is 6.04. The maximum absolute atomic E-state index is 13.0. The van der Waals surface area contributed by atoms with Gasteiger partial charge in [0.2, 0.25) is 0 Å². The van der Waals surface area contributed by atoms with Crippen LogP contribution in [0.4, 0.5) is 11.4 Å². The van der Waals surface area contributed by atoms with Gasteiger partial charge >= 0.3 is 0 Å². The van der Waals surface area contributed by atoms with E-state index in [1.165, 1.54) is 4.90 Å². The summed E-state index contributed by atoms with van der Waals surface area (Å²) in [5.74, 6) is -1.29. The summed E-state index contributed by atoms with van der Waals surface area (Å²) in [6.45, 7) is 8.63. The van der Waals surface area contributed by atoms with Crippen molar-refractivity contribution in [2.45, 2.75) is 45.3 Å². The molecule has 0 saturated carbocycles. The standard InChI is InChI=1S/C24H30N4O4/c1-14-13-15(21(25)26)5-10-18(14)27-22(30)19(29)20-23(31)28(11-12-32-20)17-8-6-16(7-9-17)24(2,3)4/h5-10,13,19-20,29H,11-12H2,1-4H3,(H3,25,26)(H,27,30). The number of amides is 2. The second kappa shape index (κ2) is 9.10. The van der Waals surface area contributed by atoms with Gasteiger partial charge in [-0.1, -0.05) is 32.9 Å². The summed E-state index contributed by atoms with van der Waals surface area (Å²) in [5.41, 5.74) is 8.97. The number of hydrogen-bond donors (Lipinski definition) is 4. The van der Waals surface area contributed by atoms with E-state index >= 15 is 0 Å². The predicted molar refractivity (Wildman–Crippen MR) is 124 cm³/mol. The van der Waals surface area contributed by atoms with Gasteiger partial charge in [-0.25, -0.2) is 0 Å². The number of aryl methyl sites for hydroxylation is 1. The highest BCUT2D eigenvalue weighted by Gasteiger charge is 2.39. The Bertz CT molecular complexity index is 1030. The maximum atomic E-state index is 13.0. The maximum Gasteiger partial charge on any atom is 0.259 e. The lowest BCUT2D eigenvalue weighted by Gasteiger charge is -2.34. The van der Waals surface area contributed by atoms with Crippen LogP contribution in [0, 0.1) is 12.3 Å². The topological polar surface area (TPSA) is 129 Å². The number of amidine groups is 1. The van der Waals surface area contributed by atoms with Crippen LogP contribution in [-0.2, 0) is 19.7 Å². The van der Waals surface area contributed by atoms with Crippen molar-refractivity contribution in [2.24, 2.45) is 5.73 Å². The van der Waals surface area contributed by atoms with Crippen molar-refractivity contribution in [3.63, 3.8) is 0 Å². The van der Waals surface area contributed by atoms with Crippen LogP contribution in [0.5, 0.6) is 0 Å². The van der Waals surface area contributed by atoms with Gasteiger partial charge in [0.1, 0.15) is 5.84 Å². The van der Waals surface area contributed by atoms with E-state index in [0.29, 0.717) is 29.0 Å². The summed E-state index contributed by atoms with van der Waals surface area (Å²) in [6.07, 6.45) is -2.98. The van der Waals surface area contributed by atoms with E-state index in [1.54, 1.807) is 25.1 Å². The Balaban J connectivity index is 1.72. The van der Waals surface area contributed by atoms with Crippen molar-refractivity contribution in [1.82, 2.24) is 0 Å². The third-order valence-electron chi connectivity index (χ3n) is 5.52. The van der Waals surface area contributed by atoms with E-state index in [0.717, 1.165) is 5.56 Å². The molecule has 1 aliphatic rings. The molecule has 5 N–H and O–H groups in total. The number of nitrogens with zero attached hydrogens (tertiary/aromatic N) is 1. The quantitative estimate of drug-likeness (QED) is 0.421. The molecule has 0 bridgehead atoms. The minimum Gasteiger partial charge on any atom is -0.384 e. The molecule has 8 heteroatoms. The zero-order chi connectivity index (χ0) is 23.6. The predicted octanol–water partition coefficient (Wildman–Crippen LogP) is 2.31. The number of nitrogens with two attached hydrogens (primary N) is 1. The monoisotopic (exact) mass is 438 g/mol. The van der Waals surface area contributed by atoms with E-state index in [4.69, 9.17) is 15.9 Å². The third kappa shape index (κ3) is 4.98. The minimum absolute atomic E-state index is 0.00881. The van der Waals surface area contributed by atoms with Gasteiger partial charge in [-0.05, 0) is 53.8 Å². The number of benzene rings is 2. The molecule has 3 rings (SSSR count). The number of anilines is 2. The lowest BCUT2D eigenvalue weighted by atomic mass is 9.87. The molecule has 2 atom stereocenters. The molecule has 2 aromatic rings. The summed E-state index contributed by atoms with van der Waals surface area (Å²) in [5, 5.41) is 20.7. The fourth-order valence-corrected chi connectivity index (χ4v) is 3.55. The first kappa shape index (κ1) is 23.4. The van der Waals surface area contributed by atoms with Crippen molar-refractivity contribution in [2.75, 3.05) is 23.4 Å². The number of carbonyl (C=O) groups excluding carboxylic acids is 2. The molecule has 0 radical (unpaired) electrons. The Morgan fingerprint density at radius 2 is 1.91 bits per heavy atom. The molecule has 0 aliphatic carbocycles. The molecule has 1 heterocycles. The van der Waals surface area contributed by atoms with E-state index in [2.05, 4.69) is 26.1 Å². The van der Waals surface area contributed by atoms with Crippen molar-refractivity contribution in [3.8, 4) is 0 Å². The van der Waals surface area contributed by atoms with Crippen LogP contribution in [0.2, 0.25) is 0 Å². The average molecular weight is 439 g/mol. The number of nitrogen functional groups attached to an aromatic ring is 1. The summed E-state index contributed by atoms with van der Waals surface area (Å²) >= 11 is 0. The van der Waals surface area contributed by atoms with Crippen LogP contribution in [0.25, 0.3) is 0 Å². The number of aliphatic hydroxyl groups excluding tert-OH is 1. The molecule has 32 heavy (non-hydrogen) atoms. The normalized spacial score (nSPS) is 17.7. The van der Waals surface area contributed by atoms with E-state index in [-0.39, 0.29) is 17.9 Å². The molecule has 1 fully saturated rings. The van der Waals surface area contributed by atoms with Crippen molar-refractivity contribution >= 4 is 29.0 Å². The molecular formula is C24H30N4O4.